The summed E-state index contributed by atoms with van der Waals surface area (Å²) in [5.41, 5.74) is 2.73. The van der Waals surface area contributed by atoms with E-state index < -0.39 is 23.7 Å². The molecule has 0 fully saturated rings. The number of Topliss-reactive ketones (excluding diaryl/α,β-unsaturated/α-hetero) is 2. The molecule has 4 aliphatic carbocycles. The highest BCUT2D eigenvalue weighted by Gasteiger charge is 2.43. The second kappa shape index (κ2) is 10.7. The average molecular weight is 595 g/mol. The van der Waals surface area contributed by atoms with Gasteiger partial charge in [0.1, 0.15) is 0 Å². The fourth-order valence-corrected chi connectivity index (χ4v) is 6.57. The molecule has 220 valence electrons. The van der Waals surface area contributed by atoms with Crippen molar-refractivity contribution in [2.75, 3.05) is 5.32 Å². The van der Waals surface area contributed by atoms with Crippen molar-refractivity contribution in [3.05, 3.63) is 147 Å². The Morgan fingerprint density at radius 3 is 2.09 bits per heavy atom. The Kier molecular flexibility index (Phi) is 6.70. The molecule has 45 heavy (non-hydrogen) atoms. The molecule has 4 aliphatic rings. The van der Waals surface area contributed by atoms with Crippen LogP contribution in [0, 0.1) is 17.8 Å². The van der Waals surface area contributed by atoms with E-state index in [0.29, 0.717) is 34.4 Å². The molecule has 3 atom stereocenters. The van der Waals surface area contributed by atoms with Gasteiger partial charge in [0.15, 0.2) is 23.1 Å². The molecule has 3 aromatic carbocycles. The fraction of sp³-hybridized carbons (Fsp3) is 0.135. The minimum atomic E-state index is -0.857. The van der Waals surface area contributed by atoms with Crippen molar-refractivity contribution in [1.29, 1.82) is 0 Å². The number of rotatable bonds is 4. The third-order valence-electron chi connectivity index (χ3n) is 8.68. The van der Waals surface area contributed by atoms with Crippen LogP contribution in [-0.2, 0) is 9.59 Å². The Morgan fingerprint density at radius 1 is 0.711 bits per heavy atom. The zero-order chi connectivity index (χ0) is 31.4. The van der Waals surface area contributed by atoms with E-state index in [-0.39, 0.29) is 57.0 Å². The molecule has 3 aromatic rings. The van der Waals surface area contributed by atoms with Crippen molar-refractivity contribution >= 4 is 40.6 Å². The van der Waals surface area contributed by atoms with Gasteiger partial charge in [0.05, 0.1) is 23.1 Å². The summed E-state index contributed by atoms with van der Waals surface area (Å²) in [6, 6.07) is 18.0. The van der Waals surface area contributed by atoms with Gasteiger partial charge >= 0.3 is 0 Å². The second-order valence-electron chi connectivity index (χ2n) is 11.6. The lowest BCUT2D eigenvalue weighted by Crippen LogP contribution is -2.42. The van der Waals surface area contributed by atoms with Crippen LogP contribution >= 0.6 is 0 Å². The number of fused-ring (bicyclic) bond motifs is 4. The summed E-state index contributed by atoms with van der Waals surface area (Å²) >= 11 is 0. The molecule has 2 amide bonds. The first-order valence-corrected chi connectivity index (χ1v) is 14.7. The summed E-state index contributed by atoms with van der Waals surface area (Å²) < 4.78 is 0. The van der Waals surface area contributed by atoms with Crippen molar-refractivity contribution < 1.29 is 28.8 Å². The van der Waals surface area contributed by atoms with Crippen LogP contribution in [0.15, 0.2) is 114 Å². The van der Waals surface area contributed by atoms with Crippen LogP contribution in [0.25, 0.3) is 0 Å². The van der Waals surface area contributed by atoms with Gasteiger partial charge in [0.25, 0.3) is 11.8 Å². The minimum absolute atomic E-state index is 0.132. The lowest BCUT2D eigenvalue weighted by atomic mass is 9.71. The van der Waals surface area contributed by atoms with Crippen LogP contribution in [0.4, 0.5) is 5.69 Å². The van der Waals surface area contributed by atoms with Crippen LogP contribution < -0.4 is 10.6 Å². The molecule has 0 heterocycles. The Balaban J connectivity index is 1.13. The first-order valence-electron chi connectivity index (χ1n) is 14.7. The monoisotopic (exact) mass is 594 g/mol. The van der Waals surface area contributed by atoms with Crippen molar-refractivity contribution in [2.24, 2.45) is 17.8 Å². The highest BCUT2D eigenvalue weighted by atomic mass is 16.2. The molecule has 0 saturated carbocycles. The number of anilines is 1. The highest BCUT2D eigenvalue weighted by Crippen LogP contribution is 2.37. The molecule has 7 rings (SSSR count). The number of carbonyl (C=O) groups excluding carboxylic acids is 6. The van der Waals surface area contributed by atoms with Crippen LogP contribution in [0.2, 0.25) is 0 Å². The third kappa shape index (κ3) is 4.62. The molecule has 0 bridgehead atoms. The number of hydrogen-bond donors (Lipinski definition) is 2. The molecular formula is C37H26N2O6. The Morgan fingerprint density at radius 2 is 1.36 bits per heavy atom. The molecule has 3 unspecified atom stereocenters. The van der Waals surface area contributed by atoms with Gasteiger partial charge in [-0.05, 0) is 30.6 Å². The molecule has 8 heteroatoms. The van der Waals surface area contributed by atoms with Gasteiger partial charge in [0, 0.05) is 44.7 Å². The molecule has 2 N–H and O–H groups in total. The average Bonchev–Trinajstić information content (AvgIpc) is 3.05. The van der Waals surface area contributed by atoms with E-state index in [2.05, 4.69) is 10.6 Å². The van der Waals surface area contributed by atoms with Crippen LogP contribution in [0.5, 0.6) is 0 Å². The molecule has 0 saturated heterocycles. The molecule has 0 radical (unpaired) electrons. The topological polar surface area (TPSA) is 126 Å². The number of ketones is 4. The molecule has 0 aliphatic heterocycles. The standard InChI is InChI=1S/C37H26N2O6/c1-19-16-20(36(44)38-28-14-6-12-26-30(28)34(42)24-10-4-2-8-22(24)32(26)40)18-21(17-19)37(45)39-29-15-7-13-27-31(29)35(43)25-11-5-3-9-23(25)33(27)41/h2-16,18-19,26,30H,17H2,1H3,(H,38,44)(H,39,45). The van der Waals surface area contributed by atoms with Crippen LogP contribution in [-0.4, -0.2) is 34.9 Å². The van der Waals surface area contributed by atoms with Crippen molar-refractivity contribution in [3.8, 4) is 0 Å². The number of allylic oxidation sites excluding steroid dienone is 5. The number of benzene rings is 3. The summed E-state index contributed by atoms with van der Waals surface area (Å²) in [7, 11) is 0. The summed E-state index contributed by atoms with van der Waals surface area (Å²) in [6.45, 7) is 1.87. The summed E-state index contributed by atoms with van der Waals surface area (Å²) in [4.78, 5) is 80.2. The van der Waals surface area contributed by atoms with Gasteiger partial charge in [-0.3, -0.25) is 28.8 Å². The number of nitrogens with one attached hydrogen (secondary N) is 2. The molecule has 8 nitrogen and oxygen atoms in total. The second-order valence-corrected chi connectivity index (χ2v) is 11.6. The van der Waals surface area contributed by atoms with Gasteiger partial charge in [-0.15, -0.1) is 0 Å². The maximum Gasteiger partial charge on any atom is 0.255 e. The largest absolute Gasteiger partial charge is 0.325 e. The third-order valence-corrected chi connectivity index (χ3v) is 8.68. The zero-order valence-electron chi connectivity index (χ0n) is 24.1. The molecule has 0 spiro atoms. The Labute approximate surface area is 258 Å². The van der Waals surface area contributed by atoms with Crippen molar-refractivity contribution in [3.63, 3.8) is 0 Å². The number of carbonyl (C=O) groups is 6. The quantitative estimate of drug-likeness (QED) is 0.336. The number of hydrogen-bond acceptors (Lipinski definition) is 6. The fourth-order valence-electron chi connectivity index (χ4n) is 6.57. The van der Waals surface area contributed by atoms with E-state index in [1.54, 1.807) is 91.0 Å². The van der Waals surface area contributed by atoms with Crippen LogP contribution in [0.3, 0.4) is 0 Å². The predicted octanol–water partition coefficient (Wildman–Crippen LogP) is 5.17. The zero-order valence-corrected chi connectivity index (χ0v) is 24.1. The lowest BCUT2D eigenvalue weighted by molar-refractivity contribution is -0.116. The van der Waals surface area contributed by atoms with Gasteiger partial charge in [0.2, 0.25) is 0 Å². The van der Waals surface area contributed by atoms with Crippen LogP contribution in [0.1, 0.15) is 65.9 Å². The predicted molar refractivity (Wildman–Crippen MR) is 166 cm³/mol. The molecular weight excluding hydrogens is 568 g/mol. The Bertz CT molecular complexity index is 2030. The van der Waals surface area contributed by atoms with Crippen molar-refractivity contribution in [2.45, 2.75) is 13.3 Å². The SMILES string of the molecule is CC1C=C(C(=O)NC2=CC=CC3C(=O)c4ccccc4C(=O)C23)C=C(C(=O)Nc2cccc3c2C(=O)c2ccccc2C3=O)C1. The maximum absolute atomic E-state index is 13.5. The highest BCUT2D eigenvalue weighted by molar-refractivity contribution is 6.30. The smallest absolute Gasteiger partial charge is 0.255 e. The maximum atomic E-state index is 13.5. The Hall–Kier alpha value is -5.76. The van der Waals surface area contributed by atoms with E-state index in [0.717, 1.165) is 0 Å². The molecule has 0 aromatic heterocycles. The first kappa shape index (κ1) is 28.0. The van der Waals surface area contributed by atoms with Gasteiger partial charge < -0.3 is 10.6 Å². The van der Waals surface area contributed by atoms with Gasteiger partial charge in [-0.1, -0.05) is 85.8 Å². The van der Waals surface area contributed by atoms with E-state index in [4.69, 9.17) is 0 Å². The normalized spacial score (nSPS) is 21.4. The van der Waals surface area contributed by atoms with Gasteiger partial charge in [-0.2, -0.15) is 0 Å². The van der Waals surface area contributed by atoms with Gasteiger partial charge in [-0.25, -0.2) is 0 Å². The van der Waals surface area contributed by atoms with Crippen molar-refractivity contribution in [1.82, 2.24) is 5.32 Å². The lowest BCUT2D eigenvalue weighted by Gasteiger charge is -2.32. The number of amides is 2. The summed E-state index contributed by atoms with van der Waals surface area (Å²) in [5, 5.41) is 5.63. The van der Waals surface area contributed by atoms with E-state index in [9.17, 15) is 28.8 Å². The van der Waals surface area contributed by atoms with E-state index >= 15 is 0 Å². The summed E-state index contributed by atoms with van der Waals surface area (Å²) in [6.07, 6.45) is 8.54. The first-order chi connectivity index (χ1) is 21.7. The van der Waals surface area contributed by atoms with E-state index in [1.807, 2.05) is 6.92 Å². The summed E-state index contributed by atoms with van der Waals surface area (Å²) in [5.74, 6) is -3.83. The van der Waals surface area contributed by atoms with E-state index in [1.165, 1.54) is 6.08 Å². The minimum Gasteiger partial charge on any atom is -0.325 e.